The average molecular weight is 274 g/mol. The molecule has 1 fully saturated rings. The predicted octanol–water partition coefficient (Wildman–Crippen LogP) is 4.16. The third kappa shape index (κ3) is 2.61. The Kier molecular flexibility index (Phi) is 3.47. The maximum Gasteiger partial charge on any atom is 0.162 e. The minimum absolute atomic E-state index is 0.523. The van der Waals surface area contributed by atoms with E-state index in [0.29, 0.717) is 16.9 Å². The molecule has 1 aliphatic carbocycles. The van der Waals surface area contributed by atoms with Gasteiger partial charge in [-0.25, -0.2) is 9.97 Å². The molecule has 0 atom stereocenters. The summed E-state index contributed by atoms with van der Waals surface area (Å²) in [4.78, 5) is 13.2. The van der Waals surface area contributed by atoms with Crippen molar-refractivity contribution in [3.63, 3.8) is 0 Å². The number of nitrogens with zero attached hydrogens (tertiary/aromatic N) is 3. The van der Waals surface area contributed by atoms with Crippen LogP contribution in [0.25, 0.3) is 11.4 Å². The molecule has 1 saturated carbocycles. The number of aryl methyl sites for hydroxylation is 1. The first-order chi connectivity index (χ1) is 9.24. The van der Waals surface area contributed by atoms with Gasteiger partial charge in [-0.3, -0.25) is 4.98 Å². The minimum Gasteiger partial charge on any atom is -0.264 e. The molecule has 0 N–H and O–H groups in total. The minimum atomic E-state index is 0.523. The van der Waals surface area contributed by atoms with Crippen molar-refractivity contribution in [2.24, 2.45) is 0 Å². The standard InChI is InChI=1S/C15H16ClN3/c1-10-6-7-17-9-12(10)15-18-13(8-14(16)19-15)11-4-2-3-5-11/h6-9,11H,2-5H2,1H3. The van der Waals surface area contributed by atoms with Crippen LogP contribution < -0.4 is 0 Å². The number of hydrogen-bond acceptors (Lipinski definition) is 3. The summed E-state index contributed by atoms with van der Waals surface area (Å²) in [5.74, 6) is 1.23. The van der Waals surface area contributed by atoms with Gasteiger partial charge in [-0.1, -0.05) is 24.4 Å². The highest BCUT2D eigenvalue weighted by Gasteiger charge is 2.20. The lowest BCUT2D eigenvalue weighted by atomic mass is 10.0. The second-order valence-electron chi connectivity index (χ2n) is 5.11. The Morgan fingerprint density at radius 1 is 1.21 bits per heavy atom. The third-order valence-corrected chi connectivity index (χ3v) is 3.96. The van der Waals surface area contributed by atoms with Gasteiger partial charge in [-0.2, -0.15) is 0 Å². The van der Waals surface area contributed by atoms with Crippen LogP contribution in [-0.2, 0) is 0 Å². The highest BCUT2D eigenvalue weighted by atomic mass is 35.5. The fourth-order valence-corrected chi connectivity index (χ4v) is 2.88. The Bertz CT molecular complexity index is 592. The lowest BCUT2D eigenvalue weighted by Crippen LogP contribution is -2.01. The van der Waals surface area contributed by atoms with Crippen molar-refractivity contribution in [3.8, 4) is 11.4 Å². The van der Waals surface area contributed by atoms with Gasteiger partial charge in [0.1, 0.15) is 5.15 Å². The van der Waals surface area contributed by atoms with E-state index < -0.39 is 0 Å². The Balaban J connectivity index is 2.04. The number of pyridine rings is 1. The molecule has 19 heavy (non-hydrogen) atoms. The Labute approximate surface area is 118 Å². The van der Waals surface area contributed by atoms with Gasteiger partial charge in [-0.15, -0.1) is 0 Å². The summed E-state index contributed by atoms with van der Waals surface area (Å²) in [5, 5.41) is 0.523. The van der Waals surface area contributed by atoms with Crippen LogP contribution in [0.5, 0.6) is 0 Å². The molecule has 2 aromatic heterocycles. The fourth-order valence-electron chi connectivity index (χ4n) is 2.68. The molecule has 2 aromatic rings. The lowest BCUT2D eigenvalue weighted by molar-refractivity contribution is 0.695. The average Bonchev–Trinajstić information content (AvgIpc) is 2.92. The highest BCUT2D eigenvalue weighted by Crippen LogP contribution is 2.34. The largest absolute Gasteiger partial charge is 0.264 e. The van der Waals surface area contributed by atoms with Crippen molar-refractivity contribution in [2.45, 2.75) is 38.5 Å². The van der Waals surface area contributed by atoms with Gasteiger partial charge in [0.2, 0.25) is 0 Å². The first kappa shape index (κ1) is 12.5. The van der Waals surface area contributed by atoms with Crippen LogP contribution in [0.3, 0.4) is 0 Å². The molecule has 3 nitrogen and oxygen atoms in total. The molecule has 0 saturated heterocycles. The smallest absolute Gasteiger partial charge is 0.162 e. The van der Waals surface area contributed by atoms with Crippen molar-refractivity contribution in [1.82, 2.24) is 15.0 Å². The van der Waals surface area contributed by atoms with E-state index in [0.717, 1.165) is 16.8 Å². The Morgan fingerprint density at radius 2 is 2.00 bits per heavy atom. The summed E-state index contributed by atoms with van der Waals surface area (Å²) in [6.45, 7) is 2.04. The Hall–Kier alpha value is -1.48. The topological polar surface area (TPSA) is 38.7 Å². The molecule has 4 heteroatoms. The zero-order valence-corrected chi connectivity index (χ0v) is 11.7. The highest BCUT2D eigenvalue weighted by molar-refractivity contribution is 6.29. The molecule has 0 amide bonds. The second-order valence-corrected chi connectivity index (χ2v) is 5.50. The van der Waals surface area contributed by atoms with E-state index in [-0.39, 0.29) is 0 Å². The van der Waals surface area contributed by atoms with Crippen molar-refractivity contribution in [3.05, 3.63) is 40.9 Å². The molecule has 0 aliphatic heterocycles. The molecule has 0 unspecified atom stereocenters. The molecule has 0 bridgehead atoms. The zero-order chi connectivity index (χ0) is 13.2. The van der Waals surface area contributed by atoms with Crippen LogP contribution in [0.15, 0.2) is 24.5 Å². The van der Waals surface area contributed by atoms with E-state index in [1.807, 2.05) is 19.1 Å². The normalized spacial score (nSPS) is 15.9. The van der Waals surface area contributed by atoms with Crippen LogP contribution in [-0.4, -0.2) is 15.0 Å². The van der Waals surface area contributed by atoms with E-state index in [4.69, 9.17) is 16.6 Å². The van der Waals surface area contributed by atoms with Crippen LogP contribution in [0.2, 0.25) is 5.15 Å². The number of rotatable bonds is 2. The van der Waals surface area contributed by atoms with E-state index in [1.54, 1.807) is 12.4 Å². The van der Waals surface area contributed by atoms with E-state index in [2.05, 4.69) is 9.97 Å². The van der Waals surface area contributed by atoms with Crippen LogP contribution >= 0.6 is 11.6 Å². The molecule has 0 radical (unpaired) electrons. The van der Waals surface area contributed by atoms with E-state index in [9.17, 15) is 0 Å². The molecule has 98 valence electrons. The maximum absolute atomic E-state index is 6.16. The van der Waals surface area contributed by atoms with Crippen LogP contribution in [0.1, 0.15) is 42.9 Å². The quantitative estimate of drug-likeness (QED) is 0.771. The molecular weight excluding hydrogens is 258 g/mol. The summed E-state index contributed by atoms with van der Waals surface area (Å²) in [6.07, 6.45) is 8.57. The Morgan fingerprint density at radius 3 is 2.74 bits per heavy atom. The van der Waals surface area contributed by atoms with Crippen molar-refractivity contribution >= 4 is 11.6 Å². The summed E-state index contributed by atoms with van der Waals surface area (Å²) < 4.78 is 0. The van der Waals surface area contributed by atoms with Gasteiger partial charge in [0, 0.05) is 29.6 Å². The summed E-state index contributed by atoms with van der Waals surface area (Å²) >= 11 is 6.16. The number of hydrogen-bond donors (Lipinski definition) is 0. The van der Waals surface area contributed by atoms with Crippen LogP contribution in [0.4, 0.5) is 0 Å². The number of halogens is 1. The fraction of sp³-hybridized carbons (Fsp3) is 0.400. The molecule has 3 rings (SSSR count). The van der Waals surface area contributed by atoms with Crippen LogP contribution in [0, 0.1) is 6.92 Å². The van der Waals surface area contributed by atoms with Gasteiger partial charge >= 0.3 is 0 Å². The van der Waals surface area contributed by atoms with Gasteiger partial charge in [0.25, 0.3) is 0 Å². The SMILES string of the molecule is Cc1ccncc1-c1nc(Cl)cc(C2CCCC2)n1. The second kappa shape index (κ2) is 5.25. The van der Waals surface area contributed by atoms with Gasteiger partial charge in [-0.05, 0) is 37.5 Å². The van der Waals surface area contributed by atoms with Gasteiger partial charge < -0.3 is 0 Å². The first-order valence-electron chi connectivity index (χ1n) is 6.69. The lowest BCUT2D eigenvalue weighted by Gasteiger charge is -2.11. The summed E-state index contributed by atoms with van der Waals surface area (Å²) in [7, 11) is 0. The molecule has 0 spiro atoms. The molecule has 1 aliphatic rings. The van der Waals surface area contributed by atoms with Gasteiger partial charge in [0.05, 0.1) is 0 Å². The maximum atomic E-state index is 6.16. The summed E-state index contributed by atoms with van der Waals surface area (Å²) in [5.41, 5.74) is 3.16. The molecular formula is C15H16ClN3. The monoisotopic (exact) mass is 273 g/mol. The summed E-state index contributed by atoms with van der Waals surface area (Å²) in [6, 6.07) is 3.88. The molecule has 2 heterocycles. The number of aromatic nitrogens is 3. The first-order valence-corrected chi connectivity index (χ1v) is 7.07. The van der Waals surface area contributed by atoms with Crippen molar-refractivity contribution in [2.75, 3.05) is 0 Å². The van der Waals surface area contributed by atoms with Gasteiger partial charge in [0.15, 0.2) is 5.82 Å². The molecule has 0 aromatic carbocycles. The predicted molar refractivity (Wildman–Crippen MR) is 76.2 cm³/mol. The third-order valence-electron chi connectivity index (χ3n) is 3.77. The van der Waals surface area contributed by atoms with Crippen molar-refractivity contribution < 1.29 is 0 Å². The van der Waals surface area contributed by atoms with E-state index >= 15 is 0 Å². The van der Waals surface area contributed by atoms with Crippen molar-refractivity contribution in [1.29, 1.82) is 0 Å². The zero-order valence-electron chi connectivity index (χ0n) is 10.9. The van der Waals surface area contributed by atoms with E-state index in [1.165, 1.54) is 25.7 Å².